The molecule has 2 aromatic rings. The second kappa shape index (κ2) is 5.98. The molecular formula is C13H15BrN4S. The zero-order chi connectivity index (χ0) is 13.1. The molecule has 1 saturated heterocycles. The van der Waals surface area contributed by atoms with Gasteiger partial charge in [0.25, 0.3) is 0 Å². The molecule has 0 aromatic carbocycles. The number of anilines is 1. The minimum Gasteiger partial charge on any atom is -0.366 e. The van der Waals surface area contributed by atoms with Crippen molar-refractivity contribution >= 4 is 33.1 Å². The fraction of sp³-hybridized carbons (Fsp3) is 0.385. The Kier molecular flexibility index (Phi) is 4.10. The first-order chi connectivity index (χ1) is 9.29. The lowest BCUT2D eigenvalue weighted by atomic mass is 10.2. The van der Waals surface area contributed by atoms with Gasteiger partial charge in [-0.05, 0) is 34.5 Å². The molecule has 1 fully saturated rings. The molecule has 6 heteroatoms. The first-order valence-electron chi connectivity index (χ1n) is 6.27. The van der Waals surface area contributed by atoms with E-state index in [-0.39, 0.29) is 0 Å². The molecule has 1 N–H and O–H groups in total. The Morgan fingerprint density at radius 3 is 3.21 bits per heavy atom. The number of hydrogen-bond acceptors (Lipinski definition) is 5. The van der Waals surface area contributed by atoms with Gasteiger partial charge in [0.1, 0.15) is 12.1 Å². The van der Waals surface area contributed by atoms with Gasteiger partial charge in [-0.3, -0.25) is 4.90 Å². The number of aromatic nitrogens is 2. The van der Waals surface area contributed by atoms with Crippen LogP contribution < -0.4 is 5.32 Å². The molecule has 0 amide bonds. The van der Waals surface area contributed by atoms with Gasteiger partial charge in [0.15, 0.2) is 0 Å². The van der Waals surface area contributed by atoms with E-state index in [1.807, 2.05) is 17.4 Å². The third-order valence-corrected chi connectivity index (χ3v) is 4.89. The lowest BCUT2D eigenvalue weighted by Crippen LogP contribution is -2.26. The Labute approximate surface area is 125 Å². The zero-order valence-corrected chi connectivity index (χ0v) is 12.8. The average molecular weight is 339 g/mol. The van der Waals surface area contributed by atoms with Crippen molar-refractivity contribution in [2.45, 2.75) is 19.0 Å². The Hall–Kier alpha value is -0.980. The van der Waals surface area contributed by atoms with Crippen molar-refractivity contribution < 1.29 is 0 Å². The number of hydrogen-bond donors (Lipinski definition) is 1. The summed E-state index contributed by atoms with van der Waals surface area (Å²) in [6.07, 6.45) is 4.51. The van der Waals surface area contributed by atoms with Gasteiger partial charge in [0, 0.05) is 46.6 Å². The first kappa shape index (κ1) is 13.0. The Morgan fingerprint density at radius 2 is 2.47 bits per heavy atom. The first-order valence-corrected chi connectivity index (χ1v) is 7.95. The smallest absolute Gasteiger partial charge is 0.129 e. The lowest BCUT2D eigenvalue weighted by molar-refractivity contribution is 0.331. The highest BCUT2D eigenvalue weighted by Gasteiger charge is 2.22. The Morgan fingerprint density at radius 1 is 1.53 bits per heavy atom. The molecule has 0 saturated carbocycles. The molecule has 0 aliphatic carbocycles. The zero-order valence-electron chi connectivity index (χ0n) is 10.4. The van der Waals surface area contributed by atoms with Crippen LogP contribution in [0.2, 0.25) is 0 Å². The molecule has 1 aliphatic rings. The van der Waals surface area contributed by atoms with E-state index in [1.165, 1.54) is 9.35 Å². The van der Waals surface area contributed by atoms with Crippen LogP contribution in [0, 0.1) is 0 Å². The highest BCUT2D eigenvalue weighted by Crippen LogP contribution is 2.23. The van der Waals surface area contributed by atoms with E-state index in [0.717, 1.165) is 31.9 Å². The minimum absolute atomic E-state index is 0.485. The third-order valence-electron chi connectivity index (χ3n) is 3.21. The summed E-state index contributed by atoms with van der Waals surface area (Å²) in [5.41, 5.74) is 0. The number of nitrogens with zero attached hydrogens (tertiary/aromatic N) is 3. The number of halogens is 1. The largest absolute Gasteiger partial charge is 0.366 e. The van der Waals surface area contributed by atoms with E-state index in [1.54, 1.807) is 12.5 Å². The Balaban J connectivity index is 1.53. The second-order valence-electron chi connectivity index (χ2n) is 4.69. The summed E-state index contributed by atoms with van der Waals surface area (Å²) in [5.74, 6) is 0.917. The van der Waals surface area contributed by atoms with Crippen molar-refractivity contribution in [2.24, 2.45) is 0 Å². The quantitative estimate of drug-likeness (QED) is 0.930. The maximum atomic E-state index is 4.21. The monoisotopic (exact) mass is 338 g/mol. The average Bonchev–Trinajstić information content (AvgIpc) is 3.01. The minimum atomic E-state index is 0.485. The van der Waals surface area contributed by atoms with Crippen LogP contribution in [-0.4, -0.2) is 34.0 Å². The van der Waals surface area contributed by atoms with Crippen molar-refractivity contribution in [1.29, 1.82) is 0 Å². The molecule has 0 bridgehead atoms. The van der Waals surface area contributed by atoms with Crippen molar-refractivity contribution in [3.8, 4) is 0 Å². The second-order valence-corrected chi connectivity index (χ2v) is 6.60. The molecular weight excluding hydrogens is 324 g/mol. The molecule has 19 heavy (non-hydrogen) atoms. The summed E-state index contributed by atoms with van der Waals surface area (Å²) in [4.78, 5) is 12.0. The van der Waals surface area contributed by atoms with Gasteiger partial charge in [-0.15, -0.1) is 11.3 Å². The summed E-state index contributed by atoms with van der Waals surface area (Å²) in [6.45, 7) is 3.25. The molecule has 100 valence electrons. The number of thiophene rings is 1. The molecule has 2 aromatic heterocycles. The lowest BCUT2D eigenvalue weighted by Gasteiger charge is -2.16. The highest BCUT2D eigenvalue weighted by molar-refractivity contribution is 9.10. The van der Waals surface area contributed by atoms with Crippen LogP contribution in [0.1, 0.15) is 11.3 Å². The molecule has 1 unspecified atom stereocenters. The van der Waals surface area contributed by atoms with Crippen molar-refractivity contribution in [2.75, 3.05) is 18.4 Å². The Bertz CT molecular complexity index is 530. The predicted molar refractivity (Wildman–Crippen MR) is 81.4 cm³/mol. The van der Waals surface area contributed by atoms with E-state index in [0.29, 0.717) is 6.04 Å². The molecule has 0 radical (unpaired) electrons. The summed E-state index contributed by atoms with van der Waals surface area (Å²) in [7, 11) is 0. The molecule has 4 nitrogen and oxygen atoms in total. The van der Waals surface area contributed by atoms with Gasteiger partial charge in [0.2, 0.25) is 0 Å². The van der Waals surface area contributed by atoms with Crippen LogP contribution in [0.25, 0.3) is 0 Å². The number of rotatable bonds is 4. The van der Waals surface area contributed by atoms with Crippen LogP contribution in [-0.2, 0) is 6.54 Å². The van der Waals surface area contributed by atoms with Gasteiger partial charge in [0.05, 0.1) is 0 Å². The molecule has 3 rings (SSSR count). The maximum absolute atomic E-state index is 4.21. The van der Waals surface area contributed by atoms with Gasteiger partial charge >= 0.3 is 0 Å². The van der Waals surface area contributed by atoms with Crippen LogP contribution in [0.4, 0.5) is 5.82 Å². The predicted octanol–water partition coefficient (Wildman–Crippen LogP) is 2.99. The van der Waals surface area contributed by atoms with Crippen molar-refractivity contribution in [1.82, 2.24) is 14.9 Å². The van der Waals surface area contributed by atoms with Gasteiger partial charge < -0.3 is 5.32 Å². The van der Waals surface area contributed by atoms with Crippen molar-refractivity contribution in [3.05, 3.63) is 39.4 Å². The highest BCUT2D eigenvalue weighted by atomic mass is 79.9. The molecule has 1 aliphatic heterocycles. The molecule has 1 atom stereocenters. The fourth-order valence-corrected chi connectivity index (χ4v) is 3.83. The van der Waals surface area contributed by atoms with E-state index in [4.69, 9.17) is 0 Å². The topological polar surface area (TPSA) is 41.0 Å². The van der Waals surface area contributed by atoms with Gasteiger partial charge in [-0.25, -0.2) is 9.97 Å². The van der Waals surface area contributed by atoms with Gasteiger partial charge in [-0.2, -0.15) is 0 Å². The maximum Gasteiger partial charge on any atom is 0.129 e. The normalized spacial score (nSPS) is 19.7. The van der Waals surface area contributed by atoms with E-state index >= 15 is 0 Å². The van der Waals surface area contributed by atoms with E-state index in [2.05, 4.69) is 47.6 Å². The van der Waals surface area contributed by atoms with E-state index in [9.17, 15) is 0 Å². The fourth-order valence-electron chi connectivity index (χ4n) is 2.34. The molecule has 3 heterocycles. The summed E-state index contributed by atoms with van der Waals surface area (Å²) in [5, 5.41) is 5.60. The van der Waals surface area contributed by atoms with Crippen LogP contribution in [0.15, 0.2) is 34.5 Å². The van der Waals surface area contributed by atoms with E-state index < -0.39 is 0 Å². The summed E-state index contributed by atoms with van der Waals surface area (Å²) < 4.78 is 1.18. The van der Waals surface area contributed by atoms with Crippen molar-refractivity contribution in [3.63, 3.8) is 0 Å². The SMILES string of the molecule is Brc1csc(CN2CCC(Nc3ccncn3)C2)c1. The summed E-state index contributed by atoms with van der Waals surface area (Å²) in [6, 6.07) is 4.60. The van der Waals surface area contributed by atoms with Crippen LogP contribution in [0.3, 0.4) is 0 Å². The molecule has 0 spiro atoms. The standard InChI is InChI=1S/C13H15BrN4S/c14-10-5-12(19-8-10)7-18-4-2-11(6-18)17-13-1-3-15-9-16-13/h1,3,5,8-9,11H,2,4,6-7H2,(H,15,16,17). The van der Waals surface area contributed by atoms with Crippen LogP contribution in [0.5, 0.6) is 0 Å². The number of nitrogens with one attached hydrogen (secondary N) is 1. The number of likely N-dealkylation sites (tertiary alicyclic amines) is 1. The summed E-state index contributed by atoms with van der Waals surface area (Å²) >= 11 is 5.32. The van der Waals surface area contributed by atoms with Gasteiger partial charge in [-0.1, -0.05) is 0 Å². The third kappa shape index (κ3) is 3.52. The van der Waals surface area contributed by atoms with Crippen LogP contribution >= 0.6 is 27.3 Å².